The molecular formula is C17H25N3. The summed E-state index contributed by atoms with van der Waals surface area (Å²) in [6.45, 7) is 2.04. The Labute approximate surface area is 121 Å². The summed E-state index contributed by atoms with van der Waals surface area (Å²) in [5.41, 5.74) is 5.90. The molecule has 3 heteroatoms. The molecule has 20 heavy (non-hydrogen) atoms. The summed E-state index contributed by atoms with van der Waals surface area (Å²) < 4.78 is 0. The lowest BCUT2D eigenvalue weighted by atomic mass is 9.47. The van der Waals surface area contributed by atoms with Gasteiger partial charge in [-0.1, -0.05) is 6.07 Å². The molecule has 0 spiro atoms. The van der Waals surface area contributed by atoms with Crippen LogP contribution < -0.4 is 11.3 Å². The molecule has 4 aliphatic carbocycles. The number of hydrogen-bond donors (Lipinski definition) is 2. The van der Waals surface area contributed by atoms with E-state index < -0.39 is 0 Å². The maximum atomic E-state index is 5.99. The SMILES string of the molecule is Cc1ccc(C(NN)C23CC4CC(CC(C4)C2)C3)cn1. The van der Waals surface area contributed by atoms with E-state index in [0.717, 1.165) is 23.4 Å². The van der Waals surface area contributed by atoms with E-state index in [4.69, 9.17) is 5.84 Å². The highest BCUT2D eigenvalue weighted by atomic mass is 15.2. The number of nitrogens with two attached hydrogens (primary N) is 1. The molecule has 1 atom stereocenters. The molecule has 0 radical (unpaired) electrons. The second-order valence-electron chi connectivity index (χ2n) is 7.61. The van der Waals surface area contributed by atoms with Crippen molar-refractivity contribution in [3.05, 3.63) is 29.6 Å². The van der Waals surface area contributed by atoms with E-state index in [1.807, 2.05) is 13.1 Å². The first-order chi connectivity index (χ1) is 9.68. The standard InChI is InChI=1S/C17H25N3/c1-11-2-3-15(10-19-11)16(20-18)17-7-12-4-13(8-17)6-14(5-12)9-17/h2-3,10,12-14,16,20H,4-9,18H2,1H3. The quantitative estimate of drug-likeness (QED) is 0.656. The summed E-state index contributed by atoms with van der Waals surface area (Å²) in [5, 5.41) is 0. The second-order valence-corrected chi connectivity index (χ2v) is 7.61. The van der Waals surface area contributed by atoms with Crippen LogP contribution in [0.3, 0.4) is 0 Å². The van der Waals surface area contributed by atoms with Crippen LogP contribution >= 0.6 is 0 Å². The van der Waals surface area contributed by atoms with Gasteiger partial charge in [0.05, 0.1) is 6.04 Å². The van der Waals surface area contributed by atoms with Crippen LogP contribution in [0.4, 0.5) is 0 Å². The average Bonchev–Trinajstić information content (AvgIpc) is 2.40. The molecule has 5 rings (SSSR count). The maximum absolute atomic E-state index is 5.99. The first-order valence-electron chi connectivity index (χ1n) is 8.07. The predicted molar refractivity (Wildman–Crippen MR) is 79.6 cm³/mol. The van der Waals surface area contributed by atoms with Gasteiger partial charge in [0, 0.05) is 11.9 Å². The van der Waals surface area contributed by atoms with Crippen molar-refractivity contribution in [1.82, 2.24) is 10.4 Å². The van der Waals surface area contributed by atoms with Crippen molar-refractivity contribution in [1.29, 1.82) is 0 Å². The first-order valence-corrected chi connectivity index (χ1v) is 8.07. The molecule has 0 saturated heterocycles. The summed E-state index contributed by atoms with van der Waals surface area (Å²) in [4.78, 5) is 4.48. The molecule has 0 aliphatic heterocycles. The number of nitrogens with one attached hydrogen (secondary N) is 1. The zero-order chi connectivity index (χ0) is 13.7. The van der Waals surface area contributed by atoms with Gasteiger partial charge in [-0.2, -0.15) is 0 Å². The highest BCUT2D eigenvalue weighted by Gasteiger charge is 2.54. The van der Waals surface area contributed by atoms with Crippen molar-refractivity contribution in [3.63, 3.8) is 0 Å². The lowest BCUT2D eigenvalue weighted by molar-refractivity contribution is -0.0749. The summed E-state index contributed by atoms with van der Waals surface area (Å²) in [6.07, 6.45) is 10.5. The van der Waals surface area contributed by atoms with Crippen LogP contribution in [-0.2, 0) is 0 Å². The number of hydrogen-bond acceptors (Lipinski definition) is 3. The zero-order valence-corrected chi connectivity index (χ0v) is 12.3. The highest BCUT2D eigenvalue weighted by Crippen LogP contribution is 2.63. The Morgan fingerprint density at radius 3 is 2.20 bits per heavy atom. The Kier molecular flexibility index (Phi) is 2.90. The third kappa shape index (κ3) is 1.91. The monoisotopic (exact) mass is 271 g/mol. The van der Waals surface area contributed by atoms with Gasteiger partial charge in [0.1, 0.15) is 0 Å². The molecule has 4 saturated carbocycles. The van der Waals surface area contributed by atoms with E-state index in [2.05, 4.69) is 22.5 Å². The van der Waals surface area contributed by atoms with E-state index in [9.17, 15) is 0 Å². The highest BCUT2D eigenvalue weighted by molar-refractivity contribution is 5.22. The van der Waals surface area contributed by atoms with Crippen LogP contribution in [0.2, 0.25) is 0 Å². The Hall–Kier alpha value is -0.930. The molecule has 1 aromatic rings. The second kappa shape index (κ2) is 4.54. The lowest BCUT2D eigenvalue weighted by Gasteiger charge is -2.59. The summed E-state index contributed by atoms with van der Waals surface area (Å²) >= 11 is 0. The molecule has 1 heterocycles. The minimum absolute atomic E-state index is 0.281. The van der Waals surface area contributed by atoms with Gasteiger partial charge in [0.15, 0.2) is 0 Å². The number of aromatic nitrogens is 1. The summed E-state index contributed by atoms with van der Waals surface area (Å²) in [5.74, 6) is 8.85. The van der Waals surface area contributed by atoms with Gasteiger partial charge in [-0.05, 0) is 80.2 Å². The Morgan fingerprint density at radius 1 is 1.15 bits per heavy atom. The van der Waals surface area contributed by atoms with Crippen molar-refractivity contribution >= 4 is 0 Å². The molecule has 108 valence electrons. The zero-order valence-electron chi connectivity index (χ0n) is 12.3. The van der Waals surface area contributed by atoms with Gasteiger partial charge in [-0.3, -0.25) is 16.3 Å². The topological polar surface area (TPSA) is 50.9 Å². The molecule has 1 aromatic heterocycles. The Balaban J connectivity index is 1.68. The van der Waals surface area contributed by atoms with Crippen LogP contribution in [0.15, 0.2) is 18.3 Å². The van der Waals surface area contributed by atoms with E-state index in [0.29, 0.717) is 5.41 Å². The van der Waals surface area contributed by atoms with Crippen molar-refractivity contribution < 1.29 is 0 Å². The summed E-state index contributed by atoms with van der Waals surface area (Å²) in [7, 11) is 0. The number of pyridine rings is 1. The van der Waals surface area contributed by atoms with Gasteiger partial charge >= 0.3 is 0 Å². The fraction of sp³-hybridized carbons (Fsp3) is 0.706. The third-order valence-electron chi connectivity index (χ3n) is 6.13. The average molecular weight is 271 g/mol. The van der Waals surface area contributed by atoms with Gasteiger partial charge in [-0.15, -0.1) is 0 Å². The normalized spacial score (nSPS) is 40.0. The van der Waals surface area contributed by atoms with Crippen LogP contribution in [0.5, 0.6) is 0 Å². The molecule has 4 bridgehead atoms. The number of rotatable bonds is 3. The fourth-order valence-corrected chi connectivity index (χ4v) is 5.81. The van der Waals surface area contributed by atoms with E-state index in [-0.39, 0.29) is 6.04 Å². The summed E-state index contributed by atoms with van der Waals surface area (Å²) in [6, 6.07) is 4.61. The largest absolute Gasteiger partial charge is 0.271 e. The van der Waals surface area contributed by atoms with Gasteiger partial charge in [0.2, 0.25) is 0 Å². The smallest absolute Gasteiger partial charge is 0.0531 e. The predicted octanol–water partition coefficient (Wildman–Crippen LogP) is 3.11. The van der Waals surface area contributed by atoms with E-state index in [1.165, 1.54) is 44.1 Å². The molecule has 0 amide bonds. The molecule has 1 unspecified atom stereocenters. The van der Waals surface area contributed by atoms with Crippen molar-refractivity contribution in [3.8, 4) is 0 Å². The van der Waals surface area contributed by atoms with Crippen molar-refractivity contribution in [2.45, 2.75) is 51.5 Å². The number of hydrazine groups is 1. The minimum Gasteiger partial charge on any atom is -0.271 e. The van der Waals surface area contributed by atoms with Crippen molar-refractivity contribution in [2.75, 3.05) is 0 Å². The molecule has 0 aromatic carbocycles. The van der Waals surface area contributed by atoms with Gasteiger partial charge in [0.25, 0.3) is 0 Å². The maximum Gasteiger partial charge on any atom is 0.0531 e. The fourth-order valence-electron chi connectivity index (χ4n) is 5.81. The van der Waals surface area contributed by atoms with Gasteiger partial charge in [-0.25, -0.2) is 0 Å². The Morgan fingerprint density at radius 2 is 1.75 bits per heavy atom. The van der Waals surface area contributed by atoms with E-state index in [1.54, 1.807) is 0 Å². The van der Waals surface area contributed by atoms with Crippen LogP contribution in [-0.4, -0.2) is 4.98 Å². The molecular weight excluding hydrogens is 246 g/mol. The minimum atomic E-state index is 0.281. The van der Waals surface area contributed by atoms with E-state index >= 15 is 0 Å². The van der Waals surface area contributed by atoms with Gasteiger partial charge < -0.3 is 0 Å². The van der Waals surface area contributed by atoms with Crippen LogP contribution in [0.1, 0.15) is 55.8 Å². The third-order valence-corrected chi connectivity index (χ3v) is 6.13. The van der Waals surface area contributed by atoms with Crippen LogP contribution in [0.25, 0.3) is 0 Å². The molecule has 4 fully saturated rings. The number of nitrogens with zero attached hydrogens (tertiary/aromatic N) is 1. The van der Waals surface area contributed by atoms with Crippen molar-refractivity contribution in [2.24, 2.45) is 29.0 Å². The Bertz CT molecular complexity index is 458. The molecule has 3 N–H and O–H groups in total. The van der Waals surface area contributed by atoms with Crippen LogP contribution in [0, 0.1) is 30.1 Å². The molecule has 4 aliphatic rings. The lowest BCUT2D eigenvalue weighted by Crippen LogP contribution is -2.53. The number of aryl methyl sites for hydroxylation is 1. The molecule has 3 nitrogen and oxygen atoms in total. The first kappa shape index (κ1) is 12.8.